The molecule has 1 amide bonds. The van der Waals surface area contributed by atoms with Gasteiger partial charge in [-0.05, 0) is 57.7 Å². The van der Waals surface area contributed by atoms with Gasteiger partial charge in [-0.25, -0.2) is 4.79 Å². The molecule has 0 saturated heterocycles. The number of rotatable bonds is 0. The second-order valence-electron chi connectivity index (χ2n) is 6.10. The van der Waals surface area contributed by atoms with Crippen molar-refractivity contribution in [1.29, 1.82) is 0 Å². The Morgan fingerprint density at radius 1 is 1.37 bits per heavy atom. The van der Waals surface area contributed by atoms with E-state index in [0.29, 0.717) is 12.2 Å². The summed E-state index contributed by atoms with van der Waals surface area (Å²) in [6.07, 6.45) is 1.58. The number of ether oxygens (including phenoxy) is 1. The number of carbonyl (C=O) groups is 1. The molecule has 1 heterocycles. The van der Waals surface area contributed by atoms with E-state index in [4.69, 9.17) is 10.5 Å². The number of nitrogens with two attached hydrogens (primary N) is 1. The van der Waals surface area contributed by atoms with Gasteiger partial charge in [-0.1, -0.05) is 6.07 Å². The van der Waals surface area contributed by atoms with Crippen LogP contribution in [0.25, 0.3) is 0 Å². The summed E-state index contributed by atoms with van der Waals surface area (Å²) < 4.78 is 5.45. The maximum atomic E-state index is 12.3. The van der Waals surface area contributed by atoms with Gasteiger partial charge in [0.05, 0.1) is 11.4 Å². The fourth-order valence-electron chi connectivity index (χ4n) is 2.44. The van der Waals surface area contributed by atoms with Gasteiger partial charge in [0.2, 0.25) is 0 Å². The molecule has 0 unspecified atom stereocenters. The van der Waals surface area contributed by atoms with E-state index in [-0.39, 0.29) is 6.09 Å². The fraction of sp³-hybridized carbons (Fsp3) is 0.533. The summed E-state index contributed by atoms with van der Waals surface area (Å²) in [7, 11) is 0. The van der Waals surface area contributed by atoms with Gasteiger partial charge in [-0.3, -0.25) is 4.90 Å². The van der Waals surface area contributed by atoms with Crippen LogP contribution in [0.2, 0.25) is 0 Å². The third kappa shape index (κ3) is 3.00. The second-order valence-corrected chi connectivity index (χ2v) is 6.10. The molecule has 2 N–H and O–H groups in total. The van der Waals surface area contributed by atoms with E-state index in [1.165, 1.54) is 0 Å². The molecule has 2 rings (SSSR count). The Kier molecular flexibility index (Phi) is 3.43. The summed E-state index contributed by atoms with van der Waals surface area (Å²) in [4.78, 5) is 13.9. The van der Waals surface area contributed by atoms with E-state index in [1.54, 1.807) is 4.90 Å². The van der Waals surface area contributed by atoms with Crippen LogP contribution in [-0.2, 0) is 11.2 Å². The molecule has 0 atom stereocenters. The van der Waals surface area contributed by atoms with Crippen molar-refractivity contribution in [3.8, 4) is 0 Å². The maximum absolute atomic E-state index is 12.3. The highest BCUT2D eigenvalue weighted by Crippen LogP contribution is 2.34. The summed E-state index contributed by atoms with van der Waals surface area (Å²) in [5.74, 6) is 0. The van der Waals surface area contributed by atoms with Gasteiger partial charge in [0, 0.05) is 6.54 Å². The maximum Gasteiger partial charge on any atom is 0.414 e. The third-order valence-electron chi connectivity index (χ3n) is 3.07. The predicted molar refractivity (Wildman–Crippen MR) is 77.5 cm³/mol. The first-order chi connectivity index (χ1) is 8.78. The van der Waals surface area contributed by atoms with E-state index in [1.807, 2.05) is 33.8 Å². The molecule has 1 aromatic carbocycles. The molecule has 0 aliphatic carbocycles. The first kappa shape index (κ1) is 13.7. The zero-order chi connectivity index (χ0) is 14.2. The van der Waals surface area contributed by atoms with Crippen LogP contribution in [0.1, 0.15) is 38.3 Å². The van der Waals surface area contributed by atoms with Crippen LogP contribution in [0.15, 0.2) is 12.1 Å². The highest BCUT2D eigenvalue weighted by atomic mass is 16.6. The van der Waals surface area contributed by atoms with Crippen LogP contribution >= 0.6 is 0 Å². The van der Waals surface area contributed by atoms with E-state index in [9.17, 15) is 4.79 Å². The minimum absolute atomic E-state index is 0.316. The monoisotopic (exact) mass is 262 g/mol. The molecule has 4 heteroatoms. The average Bonchev–Trinajstić information content (AvgIpc) is 2.25. The van der Waals surface area contributed by atoms with Crippen molar-refractivity contribution in [2.75, 3.05) is 17.2 Å². The Bertz CT molecular complexity index is 504. The van der Waals surface area contributed by atoms with Gasteiger partial charge in [0.1, 0.15) is 5.60 Å². The summed E-state index contributed by atoms with van der Waals surface area (Å²) in [5, 5.41) is 0. The van der Waals surface area contributed by atoms with E-state index in [2.05, 4.69) is 6.07 Å². The zero-order valence-corrected chi connectivity index (χ0v) is 12.1. The molecule has 1 aliphatic rings. The molecular weight excluding hydrogens is 240 g/mol. The van der Waals surface area contributed by atoms with Crippen LogP contribution in [0.4, 0.5) is 16.2 Å². The lowest BCUT2D eigenvalue weighted by molar-refractivity contribution is 0.0578. The number of amides is 1. The lowest BCUT2D eigenvalue weighted by atomic mass is 9.98. The first-order valence-electron chi connectivity index (χ1n) is 6.67. The molecule has 0 radical (unpaired) electrons. The summed E-state index contributed by atoms with van der Waals surface area (Å²) >= 11 is 0. The van der Waals surface area contributed by atoms with Crippen LogP contribution in [0, 0.1) is 6.92 Å². The average molecular weight is 262 g/mol. The van der Waals surface area contributed by atoms with Crippen molar-refractivity contribution in [2.45, 2.75) is 46.1 Å². The molecule has 0 fully saturated rings. The van der Waals surface area contributed by atoms with Crippen LogP contribution in [0.5, 0.6) is 0 Å². The number of hydrogen-bond donors (Lipinski definition) is 1. The number of hydrogen-bond acceptors (Lipinski definition) is 3. The summed E-state index contributed by atoms with van der Waals surface area (Å²) in [6, 6.07) is 4.00. The van der Waals surface area contributed by atoms with Crippen molar-refractivity contribution in [2.24, 2.45) is 0 Å². The first-order valence-corrected chi connectivity index (χ1v) is 6.67. The van der Waals surface area contributed by atoms with E-state index in [0.717, 1.165) is 29.7 Å². The highest BCUT2D eigenvalue weighted by Gasteiger charge is 2.28. The Hall–Kier alpha value is -1.71. The number of carbonyl (C=O) groups excluding carboxylic acids is 1. The fourth-order valence-corrected chi connectivity index (χ4v) is 2.44. The molecule has 0 aromatic heterocycles. The zero-order valence-electron chi connectivity index (χ0n) is 12.1. The lowest BCUT2D eigenvalue weighted by Gasteiger charge is -2.32. The molecule has 19 heavy (non-hydrogen) atoms. The van der Waals surface area contributed by atoms with Gasteiger partial charge in [-0.15, -0.1) is 0 Å². The smallest absolute Gasteiger partial charge is 0.414 e. The SMILES string of the molecule is Cc1cc(N)c2c(c1)CCCN2C(=O)OC(C)(C)C. The molecule has 0 bridgehead atoms. The van der Waals surface area contributed by atoms with Crippen LogP contribution in [-0.4, -0.2) is 18.2 Å². The highest BCUT2D eigenvalue weighted by molar-refractivity contribution is 5.94. The van der Waals surface area contributed by atoms with Gasteiger partial charge in [0.15, 0.2) is 0 Å². The normalized spacial score (nSPS) is 15.1. The Labute approximate surface area is 114 Å². The number of nitrogens with zero attached hydrogens (tertiary/aromatic N) is 1. The topological polar surface area (TPSA) is 55.6 Å². The molecule has 0 spiro atoms. The van der Waals surface area contributed by atoms with Crippen LogP contribution in [0.3, 0.4) is 0 Å². The van der Waals surface area contributed by atoms with Gasteiger partial charge >= 0.3 is 6.09 Å². The number of benzene rings is 1. The van der Waals surface area contributed by atoms with E-state index >= 15 is 0 Å². The van der Waals surface area contributed by atoms with Crippen LogP contribution < -0.4 is 10.6 Å². The number of nitrogen functional groups attached to an aromatic ring is 1. The van der Waals surface area contributed by atoms with Gasteiger partial charge < -0.3 is 10.5 Å². The second kappa shape index (κ2) is 4.76. The third-order valence-corrected chi connectivity index (χ3v) is 3.07. The Morgan fingerprint density at radius 2 is 2.05 bits per heavy atom. The van der Waals surface area contributed by atoms with Crippen molar-refractivity contribution in [1.82, 2.24) is 0 Å². The molecule has 0 saturated carbocycles. The Morgan fingerprint density at radius 3 is 2.68 bits per heavy atom. The summed E-state index contributed by atoms with van der Waals surface area (Å²) in [5.41, 5.74) is 9.33. The number of anilines is 2. The molecule has 104 valence electrons. The van der Waals surface area contributed by atoms with E-state index < -0.39 is 5.60 Å². The van der Waals surface area contributed by atoms with Crippen molar-refractivity contribution in [3.63, 3.8) is 0 Å². The number of fused-ring (bicyclic) bond motifs is 1. The standard InChI is InChI=1S/C15H22N2O2/c1-10-8-11-6-5-7-17(13(11)12(16)9-10)14(18)19-15(2,3)4/h8-9H,5-7,16H2,1-4H3. The van der Waals surface area contributed by atoms with Crippen molar-refractivity contribution >= 4 is 17.5 Å². The quantitative estimate of drug-likeness (QED) is 0.730. The molecule has 4 nitrogen and oxygen atoms in total. The predicted octanol–water partition coefficient (Wildman–Crippen LogP) is 3.26. The van der Waals surface area contributed by atoms with Crippen molar-refractivity contribution < 1.29 is 9.53 Å². The minimum atomic E-state index is -0.492. The molecule has 1 aromatic rings. The largest absolute Gasteiger partial charge is 0.443 e. The Balaban J connectivity index is 2.35. The molecular formula is C15H22N2O2. The molecule has 1 aliphatic heterocycles. The van der Waals surface area contributed by atoms with Crippen molar-refractivity contribution in [3.05, 3.63) is 23.3 Å². The lowest BCUT2D eigenvalue weighted by Crippen LogP contribution is -2.40. The van der Waals surface area contributed by atoms with Gasteiger partial charge in [0.25, 0.3) is 0 Å². The van der Waals surface area contributed by atoms with Gasteiger partial charge in [-0.2, -0.15) is 0 Å². The number of aryl methyl sites for hydroxylation is 2. The minimum Gasteiger partial charge on any atom is -0.443 e. The summed E-state index contributed by atoms with van der Waals surface area (Å²) in [6.45, 7) is 8.29.